The Kier molecular flexibility index (Phi) is 8.74. The van der Waals surface area contributed by atoms with Gasteiger partial charge in [-0.1, -0.05) is 18.2 Å². The summed E-state index contributed by atoms with van der Waals surface area (Å²) in [6, 6.07) is 18.0. The van der Waals surface area contributed by atoms with Gasteiger partial charge in [-0.05, 0) is 80.8 Å². The van der Waals surface area contributed by atoms with E-state index in [1.165, 1.54) is 16.7 Å². The Morgan fingerprint density at radius 1 is 0.930 bits per heavy atom. The van der Waals surface area contributed by atoms with E-state index < -0.39 is 17.9 Å². The van der Waals surface area contributed by atoms with Crippen molar-refractivity contribution in [1.82, 2.24) is 15.0 Å². The first-order chi connectivity index (χ1) is 20.2. The average Bonchev–Trinajstić information content (AvgIpc) is 3.31. The van der Waals surface area contributed by atoms with Crippen molar-refractivity contribution in [2.75, 3.05) is 22.6 Å². The van der Waals surface area contributed by atoms with Crippen LogP contribution in [0.4, 0.5) is 47.7 Å². The van der Waals surface area contributed by atoms with E-state index in [1.54, 1.807) is 12.3 Å². The maximum Gasteiger partial charge on any atom is 0.490 e. The molecule has 0 fully saturated rings. The summed E-state index contributed by atoms with van der Waals surface area (Å²) in [4.78, 5) is 34.4. The molecule has 0 saturated carbocycles. The fraction of sp³-hybridized carbons (Fsp3) is 0.200. The highest BCUT2D eigenvalue weighted by Crippen LogP contribution is 2.34. The molecule has 5 aromatic rings. The van der Waals surface area contributed by atoms with Gasteiger partial charge in [-0.2, -0.15) is 18.2 Å². The molecule has 0 aliphatic carbocycles. The molecule has 0 spiro atoms. The molecule has 0 atom stereocenters. The number of nitrogens with zero attached hydrogens (tertiary/aromatic N) is 3. The Hall–Kier alpha value is -5.33. The molecule has 224 valence electrons. The number of fused-ring (bicyclic) bond motifs is 1. The van der Waals surface area contributed by atoms with Gasteiger partial charge in [0.1, 0.15) is 5.82 Å². The minimum absolute atomic E-state index is 0.479. The number of oxazole rings is 1. The number of benzene rings is 3. The number of anilines is 6. The Labute approximate surface area is 244 Å². The van der Waals surface area contributed by atoms with Crippen molar-refractivity contribution < 1.29 is 27.5 Å². The van der Waals surface area contributed by atoms with Crippen LogP contribution in [-0.4, -0.2) is 39.3 Å². The Morgan fingerprint density at radius 2 is 1.63 bits per heavy atom. The van der Waals surface area contributed by atoms with Gasteiger partial charge in [-0.25, -0.2) is 14.6 Å². The summed E-state index contributed by atoms with van der Waals surface area (Å²) in [7, 11) is 2.09. The largest absolute Gasteiger partial charge is 0.490 e. The number of aromatic nitrogens is 3. The highest BCUT2D eigenvalue weighted by Gasteiger charge is 2.38. The van der Waals surface area contributed by atoms with Gasteiger partial charge in [0.15, 0.2) is 5.58 Å². The maximum atomic E-state index is 11.5. The number of rotatable bonds is 6. The molecule has 0 amide bonds. The molecule has 3 aromatic carbocycles. The minimum Gasteiger partial charge on any atom is -0.475 e. The van der Waals surface area contributed by atoms with E-state index in [0.29, 0.717) is 22.9 Å². The molecule has 0 aliphatic heterocycles. The molecule has 5 rings (SSSR count). The topological polar surface area (TPSA) is 136 Å². The highest BCUT2D eigenvalue weighted by molar-refractivity contribution is 5.79. The lowest BCUT2D eigenvalue weighted by molar-refractivity contribution is -0.192. The molecule has 13 heteroatoms. The normalized spacial score (nSPS) is 11.1. The van der Waals surface area contributed by atoms with Crippen molar-refractivity contribution in [1.29, 1.82) is 0 Å². The van der Waals surface area contributed by atoms with E-state index in [9.17, 15) is 18.0 Å². The van der Waals surface area contributed by atoms with Gasteiger partial charge in [0.2, 0.25) is 5.95 Å². The Balaban J connectivity index is 0.000000541. The van der Waals surface area contributed by atoms with Crippen LogP contribution in [0.2, 0.25) is 0 Å². The van der Waals surface area contributed by atoms with Crippen LogP contribution in [0.15, 0.2) is 70.0 Å². The van der Waals surface area contributed by atoms with Crippen LogP contribution >= 0.6 is 0 Å². The molecular weight excluding hydrogens is 565 g/mol. The SMILES string of the molecule is Cc1ccccc1N(C)c1cc(Nc2ncc(C)c(Nc3ccc4oc(=O)[nH]c4c3)n2)cc(C)c1C.O=C(O)C(F)(F)F. The molecule has 0 saturated heterocycles. The van der Waals surface area contributed by atoms with E-state index in [4.69, 9.17) is 19.3 Å². The fourth-order valence-electron chi connectivity index (χ4n) is 4.26. The second kappa shape index (κ2) is 12.3. The van der Waals surface area contributed by atoms with Crippen LogP contribution in [0.1, 0.15) is 22.3 Å². The summed E-state index contributed by atoms with van der Waals surface area (Å²) in [5, 5.41) is 13.8. The molecule has 43 heavy (non-hydrogen) atoms. The molecular formula is C30H29F3N6O4. The highest BCUT2D eigenvalue weighted by atomic mass is 19.4. The summed E-state index contributed by atoms with van der Waals surface area (Å²) < 4.78 is 36.8. The number of alkyl halides is 3. The predicted molar refractivity (Wildman–Crippen MR) is 159 cm³/mol. The van der Waals surface area contributed by atoms with Gasteiger partial charge in [-0.3, -0.25) is 4.98 Å². The van der Waals surface area contributed by atoms with E-state index >= 15 is 0 Å². The van der Waals surface area contributed by atoms with Crippen molar-refractivity contribution in [2.24, 2.45) is 0 Å². The summed E-state index contributed by atoms with van der Waals surface area (Å²) in [6.45, 7) is 8.30. The molecule has 10 nitrogen and oxygen atoms in total. The predicted octanol–water partition coefficient (Wildman–Crippen LogP) is 7.03. The first kappa shape index (κ1) is 30.6. The Bertz CT molecular complexity index is 1850. The number of hydrogen-bond donors (Lipinski definition) is 4. The van der Waals surface area contributed by atoms with Gasteiger partial charge < -0.3 is 25.1 Å². The molecule has 0 radical (unpaired) electrons. The van der Waals surface area contributed by atoms with Crippen LogP contribution in [0.25, 0.3) is 11.1 Å². The summed E-state index contributed by atoms with van der Waals surface area (Å²) >= 11 is 0. The molecule has 2 heterocycles. The number of halogens is 3. The molecule has 0 unspecified atom stereocenters. The standard InChI is InChI=1S/C28H28N6O2.C2HF3O2/c1-16-8-6-7-9-23(16)34(5)24-14-21(12-17(2)19(24)4)31-27-29-15-18(3)26(33-27)30-20-10-11-25-22(13-20)32-28(35)36-25;3-2(4,5)1(6)7/h6-15H,1-5H3,(H,32,35)(H2,29,30,31,33);(H,6,7). The van der Waals surface area contributed by atoms with Crippen LogP contribution in [-0.2, 0) is 4.79 Å². The number of aryl methyl sites for hydroxylation is 3. The van der Waals surface area contributed by atoms with Crippen molar-refractivity contribution in [2.45, 2.75) is 33.9 Å². The number of para-hydroxylation sites is 1. The number of hydrogen-bond acceptors (Lipinski definition) is 8. The number of carboxylic acid groups (broad SMARTS) is 1. The zero-order valence-electron chi connectivity index (χ0n) is 23.9. The minimum atomic E-state index is -5.08. The summed E-state index contributed by atoms with van der Waals surface area (Å²) in [5.41, 5.74) is 9.57. The summed E-state index contributed by atoms with van der Waals surface area (Å²) in [5.74, 6) is -2.09. The van der Waals surface area contributed by atoms with Crippen molar-refractivity contribution >= 4 is 51.6 Å². The van der Waals surface area contributed by atoms with Crippen molar-refractivity contribution in [3.63, 3.8) is 0 Å². The van der Waals surface area contributed by atoms with E-state index in [0.717, 1.165) is 28.3 Å². The quantitative estimate of drug-likeness (QED) is 0.163. The molecule has 2 aromatic heterocycles. The number of aliphatic carboxylic acids is 1. The van der Waals surface area contributed by atoms with E-state index in [2.05, 4.69) is 89.7 Å². The first-order valence-electron chi connectivity index (χ1n) is 12.9. The second-order valence-corrected chi connectivity index (χ2v) is 9.79. The van der Waals surface area contributed by atoms with Crippen LogP contribution in [0.3, 0.4) is 0 Å². The van der Waals surface area contributed by atoms with Crippen LogP contribution in [0.5, 0.6) is 0 Å². The lowest BCUT2D eigenvalue weighted by atomic mass is 10.0. The number of carboxylic acids is 1. The first-order valence-corrected chi connectivity index (χ1v) is 12.9. The van der Waals surface area contributed by atoms with Gasteiger partial charge >= 0.3 is 17.9 Å². The van der Waals surface area contributed by atoms with Gasteiger partial charge in [0, 0.05) is 41.6 Å². The third kappa shape index (κ3) is 7.31. The third-order valence-electron chi connectivity index (χ3n) is 6.63. The van der Waals surface area contributed by atoms with E-state index in [-0.39, 0.29) is 0 Å². The second-order valence-electron chi connectivity index (χ2n) is 9.79. The monoisotopic (exact) mass is 594 g/mol. The van der Waals surface area contributed by atoms with Gasteiger partial charge in [0.25, 0.3) is 0 Å². The van der Waals surface area contributed by atoms with Crippen molar-refractivity contribution in [3.8, 4) is 0 Å². The lowest BCUT2D eigenvalue weighted by Crippen LogP contribution is -2.21. The van der Waals surface area contributed by atoms with Crippen LogP contribution in [0, 0.1) is 27.7 Å². The number of aromatic amines is 1. The molecule has 4 N–H and O–H groups in total. The van der Waals surface area contributed by atoms with Gasteiger partial charge in [0.05, 0.1) is 5.52 Å². The smallest absolute Gasteiger partial charge is 0.475 e. The van der Waals surface area contributed by atoms with E-state index in [1.807, 2.05) is 19.1 Å². The zero-order valence-corrected chi connectivity index (χ0v) is 23.9. The third-order valence-corrected chi connectivity index (χ3v) is 6.63. The zero-order chi connectivity index (χ0) is 31.5. The molecule has 0 aliphatic rings. The average molecular weight is 595 g/mol. The lowest BCUT2D eigenvalue weighted by Gasteiger charge is -2.25. The number of nitrogens with one attached hydrogen (secondary N) is 3. The number of carbonyl (C=O) groups is 1. The Morgan fingerprint density at radius 3 is 2.30 bits per heavy atom. The number of H-pyrrole nitrogens is 1. The van der Waals surface area contributed by atoms with Crippen LogP contribution < -0.4 is 21.3 Å². The maximum absolute atomic E-state index is 11.5. The van der Waals surface area contributed by atoms with Crippen molar-refractivity contribution in [3.05, 3.63) is 93.6 Å². The molecule has 0 bridgehead atoms. The van der Waals surface area contributed by atoms with Gasteiger partial charge in [-0.15, -0.1) is 0 Å². The fourth-order valence-corrected chi connectivity index (χ4v) is 4.26. The summed E-state index contributed by atoms with van der Waals surface area (Å²) in [6.07, 6.45) is -3.31.